The van der Waals surface area contributed by atoms with E-state index in [1.165, 1.54) is 5.56 Å². The van der Waals surface area contributed by atoms with Gasteiger partial charge in [0, 0.05) is 15.5 Å². The monoisotopic (exact) mass is 418 g/mol. The van der Waals surface area contributed by atoms with E-state index in [1.807, 2.05) is 18.2 Å². The van der Waals surface area contributed by atoms with Crippen LogP contribution in [0.1, 0.15) is 24.7 Å². The van der Waals surface area contributed by atoms with Crippen LogP contribution in [0.15, 0.2) is 51.4 Å². The molecule has 0 radical (unpaired) electrons. The van der Waals surface area contributed by atoms with Crippen LogP contribution in [0.2, 0.25) is 0 Å². The molecule has 1 heterocycles. The Morgan fingerprint density at radius 3 is 2.50 bits per heavy atom. The molecule has 0 unspecified atom stereocenters. The van der Waals surface area contributed by atoms with Crippen LogP contribution in [0.4, 0.5) is 0 Å². The van der Waals surface area contributed by atoms with Crippen LogP contribution in [-0.2, 0) is 6.54 Å². The maximum absolute atomic E-state index is 4.77. The minimum absolute atomic E-state index is 0.957. The molecule has 0 fully saturated rings. The second-order valence-corrected chi connectivity index (χ2v) is 6.83. The Kier molecular flexibility index (Phi) is 4.79. The van der Waals surface area contributed by atoms with Crippen molar-refractivity contribution in [2.75, 3.05) is 0 Å². The summed E-state index contributed by atoms with van der Waals surface area (Å²) >= 11 is 7.13. The summed E-state index contributed by atoms with van der Waals surface area (Å²) in [6, 6.07) is 14.5. The van der Waals surface area contributed by atoms with E-state index in [9.17, 15) is 0 Å². The van der Waals surface area contributed by atoms with Crippen molar-refractivity contribution in [1.82, 2.24) is 9.55 Å². The normalized spacial score (nSPS) is 11.6. The fraction of sp³-hybridized carbons (Fsp3) is 0.167. The van der Waals surface area contributed by atoms with Crippen LogP contribution >= 0.6 is 31.9 Å². The summed E-state index contributed by atoms with van der Waals surface area (Å²) < 4.78 is 4.35. The van der Waals surface area contributed by atoms with E-state index in [4.69, 9.17) is 4.98 Å². The lowest BCUT2D eigenvalue weighted by Crippen LogP contribution is -1.99. The summed E-state index contributed by atoms with van der Waals surface area (Å²) in [6.07, 6.45) is 5.27. The molecule has 3 rings (SSSR count). The Morgan fingerprint density at radius 2 is 1.77 bits per heavy atom. The van der Waals surface area contributed by atoms with Crippen LogP contribution in [0.25, 0.3) is 23.2 Å². The Bertz CT molecular complexity index is 820. The zero-order valence-corrected chi connectivity index (χ0v) is 15.4. The van der Waals surface area contributed by atoms with Gasteiger partial charge >= 0.3 is 0 Å². The van der Waals surface area contributed by atoms with Gasteiger partial charge < -0.3 is 4.57 Å². The molecule has 0 atom stereocenters. The third-order valence-corrected chi connectivity index (χ3v) is 5.34. The lowest BCUT2D eigenvalue weighted by Gasteiger charge is -2.05. The standard InChI is InChI=1S/C18H16Br2N2/c1-2-10-22-17-12-15(20)14(19)11-16(17)21-18(22)9-8-13-6-4-3-5-7-13/h3-9,11-12H,2,10H2,1H3/b9-8+. The summed E-state index contributed by atoms with van der Waals surface area (Å²) in [6.45, 7) is 3.14. The highest BCUT2D eigenvalue weighted by Gasteiger charge is 2.10. The number of imidazole rings is 1. The van der Waals surface area contributed by atoms with Gasteiger partial charge in [-0.1, -0.05) is 43.3 Å². The second kappa shape index (κ2) is 6.80. The fourth-order valence-corrected chi connectivity index (χ4v) is 3.12. The molecular formula is C18H16Br2N2. The molecule has 0 saturated carbocycles. The lowest BCUT2D eigenvalue weighted by atomic mass is 10.2. The van der Waals surface area contributed by atoms with Crippen LogP contribution in [0.3, 0.4) is 0 Å². The first-order valence-electron chi connectivity index (χ1n) is 7.27. The SMILES string of the molecule is CCCn1c(/C=C/c2ccccc2)nc2cc(Br)c(Br)cc21. The van der Waals surface area contributed by atoms with Crippen LogP contribution in [0, 0.1) is 0 Å². The van der Waals surface area contributed by atoms with Crippen LogP contribution in [-0.4, -0.2) is 9.55 Å². The molecule has 0 N–H and O–H groups in total. The maximum atomic E-state index is 4.77. The zero-order valence-electron chi connectivity index (χ0n) is 12.3. The van der Waals surface area contributed by atoms with Gasteiger partial charge in [-0.05, 0) is 62.1 Å². The van der Waals surface area contributed by atoms with E-state index in [2.05, 4.69) is 79.8 Å². The highest BCUT2D eigenvalue weighted by atomic mass is 79.9. The summed E-state index contributed by atoms with van der Waals surface area (Å²) in [5, 5.41) is 0. The number of rotatable bonds is 4. The summed E-state index contributed by atoms with van der Waals surface area (Å²) in [7, 11) is 0. The number of fused-ring (bicyclic) bond motifs is 1. The number of halogens is 2. The minimum atomic E-state index is 0.957. The third-order valence-electron chi connectivity index (χ3n) is 3.49. The van der Waals surface area contributed by atoms with Gasteiger partial charge in [-0.15, -0.1) is 0 Å². The van der Waals surface area contributed by atoms with Crippen molar-refractivity contribution in [3.8, 4) is 0 Å². The molecule has 1 aromatic heterocycles. The average molecular weight is 420 g/mol. The first kappa shape index (κ1) is 15.5. The highest BCUT2D eigenvalue weighted by molar-refractivity contribution is 9.13. The number of aryl methyl sites for hydroxylation is 1. The lowest BCUT2D eigenvalue weighted by molar-refractivity contribution is 0.691. The van der Waals surface area contributed by atoms with Crippen molar-refractivity contribution in [2.45, 2.75) is 19.9 Å². The zero-order chi connectivity index (χ0) is 15.5. The molecule has 0 spiro atoms. The first-order chi connectivity index (χ1) is 10.7. The molecule has 22 heavy (non-hydrogen) atoms. The van der Waals surface area contributed by atoms with Gasteiger partial charge in [-0.2, -0.15) is 0 Å². The van der Waals surface area contributed by atoms with E-state index >= 15 is 0 Å². The predicted molar refractivity (Wildman–Crippen MR) is 101 cm³/mol. The minimum Gasteiger partial charge on any atom is -0.324 e. The molecule has 0 bridgehead atoms. The third kappa shape index (κ3) is 3.18. The quantitative estimate of drug-likeness (QED) is 0.496. The molecule has 3 aromatic rings. The molecular weight excluding hydrogens is 404 g/mol. The van der Waals surface area contributed by atoms with E-state index in [-0.39, 0.29) is 0 Å². The molecule has 0 aliphatic carbocycles. The van der Waals surface area contributed by atoms with Gasteiger partial charge in [0.15, 0.2) is 0 Å². The summed E-state index contributed by atoms with van der Waals surface area (Å²) in [5.74, 6) is 0.991. The molecule has 0 aliphatic heterocycles. The molecule has 2 nitrogen and oxygen atoms in total. The highest BCUT2D eigenvalue weighted by Crippen LogP contribution is 2.29. The largest absolute Gasteiger partial charge is 0.324 e. The number of benzene rings is 2. The van der Waals surface area contributed by atoms with Crippen LogP contribution < -0.4 is 0 Å². The van der Waals surface area contributed by atoms with Crippen molar-refractivity contribution in [2.24, 2.45) is 0 Å². The van der Waals surface area contributed by atoms with E-state index in [0.29, 0.717) is 0 Å². The van der Waals surface area contributed by atoms with Crippen molar-refractivity contribution < 1.29 is 0 Å². The Morgan fingerprint density at radius 1 is 1.05 bits per heavy atom. The van der Waals surface area contributed by atoms with Crippen molar-refractivity contribution in [3.05, 3.63) is 62.8 Å². The van der Waals surface area contributed by atoms with E-state index in [1.54, 1.807) is 0 Å². The van der Waals surface area contributed by atoms with Gasteiger partial charge in [0.2, 0.25) is 0 Å². The Labute approximate surface area is 147 Å². The number of hydrogen-bond acceptors (Lipinski definition) is 1. The van der Waals surface area contributed by atoms with Crippen molar-refractivity contribution in [1.29, 1.82) is 0 Å². The predicted octanol–water partition coefficient (Wildman–Crippen LogP) is 6.14. The van der Waals surface area contributed by atoms with E-state index in [0.717, 1.165) is 38.8 Å². The van der Waals surface area contributed by atoms with Gasteiger partial charge in [-0.3, -0.25) is 0 Å². The Balaban J connectivity index is 2.08. The fourth-order valence-electron chi connectivity index (χ4n) is 2.46. The van der Waals surface area contributed by atoms with Gasteiger partial charge in [-0.25, -0.2) is 4.98 Å². The molecule has 0 aliphatic rings. The number of aromatic nitrogens is 2. The molecule has 0 saturated heterocycles. The number of hydrogen-bond donors (Lipinski definition) is 0. The molecule has 4 heteroatoms. The van der Waals surface area contributed by atoms with Crippen LogP contribution in [0.5, 0.6) is 0 Å². The molecule has 0 amide bonds. The van der Waals surface area contributed by atoms with Gasteiger partial charge in [0.25, 0.3) is 0 Å². The number of nitrogens with zero attached hydrogens (tertiary/aromatic N) is 2. The average Bonchev–Trinajstić information content (AvgIpc) is 2.84. The molecule has 2 aromatic carbocycles. The van der Waals surface area contributed by atoms with E-state index < -0.39 is 0 Å². The topological polar surface area (TPSA) is 17.8 Å². The smallest absolute Gasteiger partial charge is 0.133 e. The van der Waals surface area contributed by atoms with Crippen molar-refractivity contribution >= 4 is 55.0 Å². The maximum Gasteiger partial charge on any atom is 0.133 e. The first-order valence-corrected chi connectivity index (χ1v) is 8.86. The second-order valence-electron chi connectivity index (χ2n) is 5.12. The van der Waals surface area contributed by atoms with Gasteiger partial charge in [0.05, 0.1) is 11.0 Å². The summed E-state index contributed by atoms with van der Waals surface area (Å²) in [5.41, 5.74) is 3.35. The van der Waals surface area contributed by atoms with Crippen molar-refractivity contribution in [3.63, 3.8) is 0 Å². The van der Waals surface area contributed by atoms with Gasteiger partial charge in [0.1, 0.15) is 5.82 Å². The Hall–Kier alpha value is -1.39. The summed E-state index contributed by atoms with van der Waals surface area (Å²) in [4.78, 5) is 4.77. The molecule has 112 valence electrons.